The van der Waals surface area contributed by atoms with Crippen molar-refractivity contribution in [3.8, 4) is 0 Å². The zero-order chi connectivity index (χ0) is 15.4. The van der Waals surface area contributed by atoms with Gasteiger partial charge in [-0.2, -0.15) is 0 Å². The smallest absolute Gasteiger partial charge is 0.257 e. The first-order valence-electron chi connectivity index (χ1n) is 6.79. The van der Waals surface area contributed by atoms with Crippen LogP contribution in [-0.2, 0) is 12.8 Å². The number of aryl methyl sites for hydroxylation is 1. The van der Waals surface area contributed by atoms with Crippen LogP contribution in [0.25, 0.3) is 0 Å². The highest BCUT2D eigenvalue weighted by Crippen LogP contribution is 2.30. The Labute approximate surface area is 134 Å². The summed E-state index contributed by atoms with van der Waals surface area (Å²) in [7, 11) is 0. The maximum Gasteiger partial charge on any atom is 0.257 e. The monoisotopic (exact) mass is 322 g/mol. The molecule has 0 saturated carbocycles. The lowest BCUT2D eigenvalue weighted by Crippen LogP contribution is -2.15. The molecule has 0 bridgehead atoms. The maximum absolute atomic E-state index is 12.4. The van der Waals surface area contributed by atoms with Gasteiger partial charge in [0, 0.05) is 23.1 Å². The van der Waals surface area contributed by atoms with Gasteiger partial charge in [0.25, 0.3) is 5.91 Å². The van der Waals surface area contributed by atoms with Crippen LogP contribution in [0.5, 0.6) is 0 Å². The predicted molar refractivity (Wildman–Crippen MR) is 87.4 cm³/mol. The summed E-state index contributed by atoms with van der Waals surface area (Å²) in [5.74, 6) is -0.255. The summed E-state index contributed by atoms with van der Waals surface area (Å²) in [5.41, 5.74) is 3.17. The molecule has 1 aromatic carbocycles. The van der Waals surface area contributed by atoms with Crippen molar-refractivity contribution in [3.63, 3.8) is 0 Å². The van der Waals surface area contributed by atoms with E-state index >= 15 is 0 Å². The summed E-state index contributed by atoms with van der Waals surface area (Å²) in [6, 6.07) is 5.40. The van der Waals surface area contributed by atoms with Crippen LogP contribution in [0.4, 0.5) is 5.69 Å². The van der Waals surface area contributed by atoms with Crippen LogP contribution in [-0.4, -0.2) is 10.9 Å². The average molecular weight is 323 g/mol. The number of nitrogens with one attached hydrogen (secondary N) is 1. The summed E-state index contributed by atoms with van der Waals surface area (Å²) in [6.45, 7) is 4.05. The molecule has 0 aliphatic heterocycles. The number of aromatic nitrogens is 1. The number of anilines is 1. The van der Waals surface area contributed by atoms with Crippen molar-refractivity contribution >= 4 is 34.8 Å². The molecule has 110 valence electrons. The van der Waals surface area contributed by atoms with E-state index < -0.39 is 0 Å². The molecule has 0 unspecified atom stereocenters. The van der Waals surface area contributed by atoms with Crippen molar-refractivity contribution in [2.75, 3.05) is 5.32 Å². The van der Waals surface area contributed by atoms with Gasteiger partial charge in [0.15, 0.2) is 0 Å². The van der Waals surface area contributed by atoms with E-state index in [2.05, 4.69) is 10.3 Å². The molecule has 2 rings (SSSR count). The van der Waals surface area contributed by atoms with Crippen molar-refractivity contribution in [1.82, 2.24) is 4.98 Å². The lowest BCUT2D eigenvalue weighted by atomic mass is 10.0. The van der Waals surface area contributed by atoms with E-state index in [1.807, 2.05) is 26.0 Å². The van der Waals surface area contributed by atoms with Crippen LogP contribution in [0.2, 0.25) is 10.0 Å². The fraction of sp³-hybridized carbons (Fsp3) is 0.250. The van der Waals surface area contributed by atoms with Crippen molar-refractivity contribution in [2.24, 2.45) is 0 Å². The van der Waals surface area contributed by atoms with Crippen LogP contribution in [0, 0.1) is 0 Å². The van der Waals surface area contributed by atoms with Gasteiger partial charge >= 0.3 is 0 Å². The molecular formula is C16H16Cl2N2O. The molecule has 0 aliphatic rings. The van der Waals surface area contributed by atoms with Crippen LogP contribution < -0.4 is 5.32 Å². The van der Waals surface area contributed by atoms with E-state index in [-0.39, 0.29) is 5.91 Å². The fourth-order valence-corrected chi connectivity index (χ4v) is 2.70. The first kappa shape index (κ1) is 15.8. The largest absolute Gasteiger partial charge is 0.321 e. The Morgan fingerprint density at radius 1 is 1.14 bits per heavy atom. The molecule has 0 fully saturated rings. The van der Waals surface area contributed by atoms with Crippen molar-refractivity contribution in [3.05, 3.63) is 57.3 Å². The third-order valence-corrected chi connectivity index (χ3v) is 3.99. The van der Waals surface area contributed by atoms with Gasteiger partial charge in [-0.25, -0.2) is 0 Å². The molecule has 1 N–H and O–H groups in total. The summed E-state index contributed by atoms with van der Waals surface area (Å²) in [6.07, 6.45) is 4.55. The Hall–Kier alpha value is -1.58. The fourth-order valence-electron chi connectivity index (χ4n) is 2.21. The number of benzene rings is 1. The van der Waals surface area contributed by atoms with E-state index in [4.69, 9.17) is 23.2 Å². The van der Waals surface area contributed by atoms with E-state index in [1.165, 1.54) is 6.20 Å². The standard InChI is InChI=1S/C16H16Cl2N2O/c1-3-10-5-6-13(17)11(4-2)15(10)20-16(21)12-7-8-19-9-14(12)18/h5-9H,3-4H2,1-2H3,(H,20,21). The SMILES string of the molecule is CCc1ccc(Cl)c(CC)c1NC(=O)c1ccncc1Cl. The number of halogens is 2. The Kier molecular flexibility index (Phi) is 5.21. The highest BCUT2D eigenvalue weighted by atomic mass is 35.5. The van der Waals surface area contributed by atoms with Gasteiger partial charge in [0.1, 0.15) is 0 Å². The Bertz CT molecular complexity index is 671. The predicted octanol–water partition coefficient (Wildman–Crippen LogP) is 4.77. The van der Waals surface area contributed by atoms with Gasteiger partial charge in [0.05, 0.1) is 10.6 Å². The first-order valence-corrected chi connectivity index (χ1v) is 7.55. The molecule has 0 aliphatic carbocycles. The minimum absolute atomic E-state index is 0.255. The molecule has 5 heteroatoms. The number of hydrogen-bond donors (Lipinski definition) is 1. The zero-order valence-electron chi connectivity index (χ0n) is 11.9. The quantitative estimate of drug-likeness (QED) is 0.881. The third-order valence-electron chi connectivity index (χ3n) is 3.33. The molecule has 0 radical (unpaired) electrons. The number of pyridine rings is 1. The molecule has 1 aromatic heterocycles. The Morgan fingerprint density at radius 2 is 1.90 bits per heavy atom. The summed E-state index contributed by atoms with van der Waals surface area (Å²) < 4.78 is 0. The second-order valence-electron chi connectivity index (χ2n) is 4.58. The highest BCUT2D eigenvalue weighted by molar-refractivity contribution is 6.34. The molecule has 0 spiro atoms. The Balaban J connectivity index is 2.41. The normalized spacial score (nSPS) is 10.5. The third kappa shape index (κ3) is 3.36. The van der Waals surface area contributed by atoms with Crippen molar-refractivity contribution < 1.29 is 4.79 Å². The lowest BCUT2D eigenvalue weighted by molar-refractivity contribution is 0.102. The lowest BCUT2D eigenvalue weighted by Gasteiger charge is -2.16. The molecule has 21 heavy (non-hydrogen) atoms. The van der Waals surface area contributed by atoms with E-state index in [0.717, 1.165) is 29.7 Å². The maximum atomic E-state index is 12.4. The Morgan fingerprint density at radius 3 is 2.52 bits per heavy atom. The van der Waals surface area contributed by atoms with Gasteiger partial charge in [-0.05, 0) is 36.1 Å². The van der Waals surface area contributed by atoms with Crippen molar-refractivity contribution in [2.45, 2.75) is 26.7 Å². The molecule has 0 atom stereocenters. The van der Waals surface area contributed by atoms with E-state index in [9.17, 15) is 4.79 Å². The van der Waals surface area contributed by atoms with E-state index in [1.54, 1.807) is 12.3 Å². The van der Waals surface area contributed by atoms with Gasteiger partial charge in [0.2, 0.25) is 0 Å². The molecule has 0 saturated heterocycles. The number of rotatable bonds is 4. The van der Waals surface area contributed by atoms with Gasteiger partial charge in [-0.1, -0.05) is 43.1 Å². The number of hydrogen-bond acceptors (Lipinski definition) is 2. The molecule has 3 nitrogen and oxygen atoms in total. The van der Waals surface area contributed by atoms with E-state index in [0.29, 0.717) is 15.6 Å². The number of carbonyl (C=O) groups is 1. The second kappa shape index (κ2) is 6.92. The second-order valence-corrected chi connectivity index (χ2v) is 5.39. The van der Waals surface area contributed by atoms with Crippen LogP contribution >= 0.6 is 23.2 Å². The van der Waals surface area contributed by atoms with Crippen LogP contribution in [0.3, 0.4) is 0 Å². The first-order chi connectivity index (χ1) is 10.1. The summed E-state index contributed by atoms with van der Waals surface area (Å²) in [5, 5.41) is 3.93. The molecule has 2 aromatic rings. The van der Waals surface area contributed by atoms with Crippen LogP contribution in [0.15, 0.2) is 30.6 Å². The van der Waals surface area contributed by atoms with Gasteiger partial charge in [-0.15, -0.1) is 0 Å². The summed E-state index contributed by atoms with van der Waals surface area (Å²) >= 11 is 12.2. The number of amides is 1. The average Bonchev–Trinajstić information content (AvgIpc) is 2.48. The van der Waals surface area contributed by atoms with Crippen molar-refractivity contribution in [1.29, 1.82) is 0 Å². The zero-order valence-corrected chi connectivity index (χ0v) is 13.4. The molecule has 1 amide bonds. The minimum Gasteiger partial charge on any atom is -0.321 e. The van der Waals surface area contributed by atoms with Crippen LogP contribution in [0.1, 0.15) is 35.3 Å². The van der Waals surface area contributed by atoms with Gasteiger partial charge in [-0.3, -0.25) is 9.78 Å². The number of carbonyl (C=O) groups excluding carboxylic acids is 1. The molecule has 1 heterocycles. The minimum atomic E-state index is -0.255. The highest BCUT2D eigenvalue weighted by Gasteiger charge is 2.16. The van der Waals surface area contributed by atoms with Gasteiger partial charge < -0.3 is 5.32 Å². The molecular weight excluding hydrogens is 307 g/mol. The summed E-state index contributed by atoms with van der Waals surface area (Å²) in [4.78, 5) is 16.3. The number of nitrogens with zero attached hydrogens (tertiary/aromatic N) is 1. The topological polar surface area (TPSA) is 42.0 Å².